The van der Waals surface area contributed by atoms with Crippen LogP contribution in [0, 0.1) is 11.8 Å². The Bertz CT molecular complexity index is 632. The van der Waals surface area contributed by atoms with Crippen LogP contribution in [-0.4, -0.2) is 35.5 Å². The molecule has 0 aliphatic carbocycles. The molecule has 7 heteroatoms. The van der Waals surface area contributed by atoms with Gasteiger partial charge in [0, 0.05) is 17.4 Å². The lowest BCUT2D eigenvalue weighted by molar-refractivity contribution is -0.143. The van der Waals surface area contributed by atoms with Gasteiger partial charge in [-0.1, -0.05) is 26.0 Å². The van der Waals surface area contributed by atoms with Gasteiger partial charge in [-0.15, -0.1) is 0 Å². The minimum Gasteiger partial charge on any atom is -0.480 e. The number of carbonyl (C=O) groups is 3. The number of hydrogen-bond donors (Lipinski definition) is 2. The third-order valence-corrected chi connectivity index (χ3v) is 4.54. The number of halogens is 1. The van der Waals surface area contributed by atoms with Crippen molar-refractivity contribution in [3.8, 4) is 0 Å². The predicted octanol–water partition coefficient (Wildman–Crippen LogP) is 2.03. The molecule has 1 unspecified atom stereocenters. The van der Waals surface area contributed by atoms with Gasteiger partial charge in [0.1, 0.15) is 6.04 Å². The number of rotatable bonds is 5. The summed E-state index contributed by atoms with van der Waals surface area (Å²) in [5.74, 6) is -2.38. The van der Waals surface area contributed by atoms with Crippen LogP contribution in [0.25, 0.3) is 0 Å². The third-order valence-electron chi connectivity index (χ3n) is 3.87. The average molecular weight is 383 g/mol. The van der Waals surface area contributed by atoms with Crippen LogP contribution in [0.15, 0.2) is 28.7 Å². The molecule has 2 N–H and O–H groups in total. The Kier molecular flexibility index (Phi) is 5.41. The van der Waals surface area contributed by atoms with Gasteiger partial charge in [0.2, 0.25) is 11.8 Å². The zero-order chi connectivity index (χ0) is 17.1. The van der Waals surface area contributed by atoms with E-state index >= 15 is 0 Å². The number of carboxylic acid groups (broad SMARTS) is 1. The van der Waals surface area contributed by atoms with E-state index in [0.29, 0.717) is 5.69 Å². The van der Waals surface area contributed by atoms with E-state index in [1.807, 2.05) is 18.2 Å². The normalized spacial score (nSPS) is 19.0. The lowest BCUT2D eigenvalue weighted by atomic mass is 10.0. The van der Waals surface area contributed by atoms with Crippen molar-refractivity contribution in [3.05, 3.63) is 28.7 Å². The topological polar surface area (TPSA) is 86.7 Å². The van der Waals surface area contributed by atoms with Gasteiger partial charge < -0.3 is 15.3 Å². The summed E-state index contributed by atoms with van der Waals surface area (Å²) in [6.45, 7) is 3.70. The van der Waals surface area contributed by atoms with E-state index in [-0.39, 0.29) is 24.8 Å². The summed E-state index contributed by atoms with van der Waals surface area (Å²) >= 11 is 3.40. The molecule has 6 nitrogen and oxygen atoms in total. The molecular weight excluding hydrogens is 364 g/mol. The Morgan fingerprint density at radius 1 is 1.35 bits per heavy atom. The van der Waals surface area contributed by atoms with Crippen molar-refractivity contribution < 1.29 is 19.5 Å². The molecule has 2 rings (SSSR count). The van der Waals surface area contributed by atoms with E-state index in [1.165, 1.54) is 0 Å². The van der Waals surface area contributed by atoms with E-state index in [0.717, 1.165) is 4.47 Å². The highest BCUT2D eigenvalue weighted by Crippen LogP contribution is 2.31. The lowest BCUT2D eigenvalue weighted by Crippen LogP contribution is -2.47. The van der Waals surface area contributed by atoms with Gasteiger partial charge in [0.25, 0.3) is 0 Å². The van der Waals surface area contributed by atoms with Crippen LogP contribution in [0.3, 0.4) is 0 Å². The van der Waals surface area contributed by atoms with Crippen LogP contribution in [-0.2, 0) is 14.4 Å². The first-order valence-corrected chi connectivity index (χ1v) is 8.18. The highest BCUT2D eigenvalue weighted by atomic mass is 79.9. The first kappa shape index (κ1) is 17.5. The summed E-state index contributed by atoms with van der Waals surface area (Å²) in [4.78, 5) is 37.3. The number of carboxylic acids is 1. The SMILES string of the molecule is CC(C)[C@@H](NC(=O)C1CC(=O)N(c2ccccc2Br)C1)C(=O)O. The number of para-hydroxylation sites is 1. The number of nitrogens with one attached hydrogen (secondary N) is 1. The maximum absolute atomic E-state index is 12.3. The number of hydrogen-bond acceptors (Lipinski definition) is 3. The van der Waals surface area contributed by atoms with Crippen molar-refractivity contribution in [1.29, 1.82) is 0 Å². The van der Waals surface area contributed by atoms with Gasteiger partial charge in [-0.2, -0.15) is 0 Å². The molecule has 0 aromatic heterocycles. The van der Waals surface area contributed by atoms with Crippen molar-refractivity contribution in [2.24, 2.45) is 11.8 Å². The Labute approximate surface area is 143 Å². The fraction of sp³-hybridized carbons (Fsp3) is 0.438. The van der Waals surface area contributed by atoms with Crippen LogP contribution in [0.2, 0.25) is 0 Å². The molecule has 0 spiro atoms. The molecule has 1 saturated heterocycles. The molecule has 0 saturated carbocycles. The highest BCUT2D eigenvalue weighted by molar-refractivity contribution is 9.10. The second-order valence-corrected chi connectivity index (χ2v) is 6.78. The smallest absolute Gasteiger partial charge is 0.326 e. The predicted molar refractivity (Wildman–Crippen MR) is 89.0 cm³/mol. The van der Waals surface area contributed by atoms with Gasteiger partial charge >= 0.3 is 5.97 Å². The first-order valence-electron chi connectivity index (χ1n) is 7.39. The molecule has 1 aliphatic heterocycles. The highest BCUT2D eigenvalue weighted by Gasteiger charge is 2.37. The summed E-state index contributed by atoms with van der Waals surface area (Å²) < 4.78 is 0.778. The van der Waals surface area contributed by atoms with E-state index in [2.05, 4.69) is 21.2 Å². The van der Waals surface area contributed by atoms with Crippen LogP contribution >= 0.6 is 15.9 Å². The molecule has 2 amide bonds. The fourth-order valence-corrected chi connectivity index (χ4v) is 3.07. The molecule has 1 fully saturated rings. The minimum atomic E-state index is -1.07. The minimum absolute atomic E-state index is 0.0810. The Morgan fingerprint density at radius 2 is 2.00 bits per heavy atom. The van der Waals surface area contributed by atoms with Crippen LogP contribution < -0.4 is 10.2 Å². The molecule has 2 atom stereocenters. The van der Waals surface area contributed by atoms with Crippen LogP contribution in [0.4, 0.5) is 5.69 Å². The zero-order valence-electron chi connectivity index (χ0n) is 13.0. The molecule has 1 aromatic carbocycles. The van der Waals surface area contributed by atoms with Crippen molar-refractivity contribution in [1.82, 2.24) is 5.32 Å². The molecule has 1 heterocycles. The number of carbonyl (C=O) groups excluding carboxylic acids is 2. The van der Waals surface area contributed by atoms with Gasteiger partial charge in [-0.3, -0.25) is 9.59 Å². The second kappa shape index (κ2) is 7.12. The van der Waals surface area contributed by atoms with E-state index < -0.39 is 23.8 Å². The largest absolute Gasteiger partial charge is 0.480 e. The quantitative estimate of drug-likeness (QED) is 0.815. The molecule has 1 aliphatic rings. The maximum atomic E-state index is 12.3. The standard InChI is InChI=1S/C16H19BrN2O4/c1-9(2)14(16(22)23)18-15(21)10-7-13(20)19(8-10)12-6-4-3-5-11(12)17/h3-6,9-10,14H,7-8H2,1-2H3,(H,18,21)(H,22,23)/t10?,14-/m1/s1. The summed E-state index contributed by atoms with van der Waals surface area (Å²) in [6, 6.07) is 6.35. The van der Waals surface area contributed by atoms with Crippen molar-refractivity contribution in [2.75, 3.05) is 11.4 Å². The second-order valence-electron chi connectivity index (χ2n) is 5.93. The fourth-order valence-electron chi connectivity index (χ4n) is 2.57. The number of anilines is 1. The Balaban J connectivity index is 2.09. The maximum Gasteiger partial charge on any atom is 0.326 e. The van der Waals surface area contributed by atoms with Gasteiger partial charge in [0.05, 0.1) is 11.6 Å². The number of amides is 2. The van der Waals surface area contributed by atoms with Crippen molar-refractivity contribution >= 4 is 39.4 Å². The van der Waals surface area contributed by atoms with Crippen molar-refractivity contribution in [3.63, 3.8) is 0 Å². The molecule has 23 heavy (non-hydrogen) atoms. The monoisotopic (exact) mass is 382 g/mol. The molecule has 124 valence electrons. The van der Waals surface area contributed by atoms with Gasteiger partial charge in [-0.05, 0) is 34.0 Å². The zero-order valence-corrected chi connectivity index (χ0v) is 14.5. The van der Waals surface area contributed by atoms with Gasteiger partial charge in [-0.25, -0.2) is 4.79 Å². The number of benzene rings is 1. The van der Waals surface area contributed by atoms with E-state index in [9.17, 15) is 14.4 Å². The molecule has 0 radical (unpaired) electrons. The van der Waals surface area contributed by atoms with Crippen LogP contribution in [0.5, 0.6) is 0 Å². The Hall–Kier alpha value is -1.89. The summed E-state index contributed by atoms with van der Waals surface area (Å²) in [6.07, 6.45) is 0.0810. The molecular formula is C16H19BrN2O4. The molecule has 1 aromatic rings. The summed E-state index contributed by atoms with van der Waals surface area (Å²) in [7, 11) is 0. The molecule has 0 bridgehead atoms. The lowest BCUT2D eigenvalue weighted by Gasteiger charge is -2.21. The van der Waals surface area contributed by atoms with Crippen LogP contribution in [0.1, 0.15) is 20.3 Å². The summed E-state index contributed by atoms with van der Waals surface area (Å²) in [5, 5.41) is 11.7. The van der Waals surface area contributed by atoms with E-state index in [1.54, 1.807) is 24.8 Å². The first-order chi connectivity index (χ1) is 10.8. The number of aliphatic carboxylic acids is 1. The average Bonchev–Trinajstić information content (AvgIpc) is 2.86. The third kappa shape index (κ3) is 3.90. The Morgan fingerprint density at radius 3 is 2.57 bits per heavy atom. The number of nitrogens with zero attached hydrogens (tertiary/aromatic N) is 1. The van der Waals surface area contributed by atoms with Crippen molar-refractivity contribution in [2.45, 2.75) is 26.3 Å². The van der Waals surface area contributed by atoms with E-state index in [4.69, 9.17) is 5.11 Å². The summed E-state index contributed by atoms with van der Waals surface area (Å²) in [5.41, 5.74) is 0.714. The van der Waals surface area contributed by atoms with Gasteiger partial charge in [0.15, 0.2) is 0 Å².